The van der Waals surface area contributed by atoms with Crippen molar-refractivity contribution < 1.29 is 43.1 Å². The highest BCUT2D eigenvalue weighted by Crippen LogP contribution is 2.38. The smallest absolute Gasteiger partial charge is 0.275 e. The Bertz CT molecular complexity index is 2450. The molecule has 3 aromatic rings. The van der Waals surface area contributed by atoms with Crippen LogP contribution in [0.5, 0.6) is 0 Å². The molecule has 73 heavy (non-hydrogen) atoms. The number of nitrogens with one attached hydrogen (secondary N) is 5. The van der Waals surface area contributed by atoms with Crippen LogP contribution in [-0.2, 0) is 35.3 Å². The summed E-state index contributed by atoms with van der Waals surface area (Å²) in [6.07, 6.45) is 9.35. The fraction of sp³-hybridized carbons (Fsp3) is 0.566. The standard InChI is InChI=1S/C53H73N11O9/c1-5-6-21-39(51(71)63-27-24-38(34-17-11-8-12-18-34)44(63)47(68)58-41(30-65)49-59-42(31-73-49)50(70)61(3)4)57-48(69)45-37-20-14-13-19-36(37)29-64(45)52(72)43(35-22-25-62(26-23-35)53(54)55)60-46(67)40(56-32(2)66)28-33-15-9-7-10-16-33/h8,11-14,17-20,31,33,35,38-41,43-45,65H,5-7,9-10,15-16,21-30H2,1-4H3,(H3,54,55)(H,56,66)(H,57,69)(H,58,68)(H,60,67)/t38-,39+,40+,41+,43+,44+,45+/m1/s1. The van der Waals surface area contributed by atoms with E-state index in [9.17, 15) is 24.3 Å². The number of amides is 7. The van der Waals surface area contributed by atoms with E-state index in [0.29, 0.717) is 57.2 Å². The lowest BCUT2D eigenvalue weighted by atomic mass is 9.84. The van der Waals surface area contributed by atoms with Crippen molar-refractivity contribution in [2.45, 2.75) is 140 Å². The molecular formula is C53H73N11O9. The number of piperidine rings is 1. The first-order chi connectivity index (χ1) is 35.1. The number of nitrogens with zero attached hydrogens (tertiary/aromatic N) is 5. The van der Waals surface area contributed by atoms with Crippen molar-refractivity contribution in [1.29, 1.82) is 5.41 Å². The average molecular weight is 1010 g/mol. The Kier molecular flexibility index (Phi) is 18.3. The second-order valence-corrected chi connectivity index (χ2v) is 20.3. The summed E-state index contributed by atoms with van der Waals surface area (Å²) >= 11 is 0. The first-order valence-corrected chi connectivity index (χ1v) is 25.9. The zero-order chi connectivity index (χ0) is 52.3. The molecule has 7 amide bonds. The Morgan fingerprint density at radius 1 is 0.836 bits per heavy atom. The number of fused-ring (bicyclic) bond motifs is 1. The van der Waals surface area contributed by atoms with E-state index in [0.717, 1.165) is 49.5 Å². The maximum Gasteiger partial charge on any atom is 0.275 e. The molecule has 394 valence electrons. The largest absolute Gasteiger partial charge is 0.446 e. The molecule has 0 unspecified atom stereocenters. The molecule has 4 heterocycles. The predicted molar refractivity (Wildman–Crippen MR) is 270 cm³/mol. The van der Waals surface area contributed by atoms with E-state index in [-0.39, 0.29) is 48.9 Å². The normalized spacial score (nSPS) is 20.8. The zero-order valence-electron chi connectivity index (χ0n) is 42.5. The lowest BCUT2D eigenvalue weighted by molar-refractivity contribution is -0.147. The van der Waals surface area contributed by atoms with E-state index in [2.05, 4.69) is 26.3 Å². The molecule has 20 nitrogen and oxygen atoms in total. The van der Waals surface area contributed by atoms with Gasteiger partial charge in [0, 0.05) is 53.1 Å². The number of likely N-dealkylation sites (tertiary alicyclic amines) is 2. The summed E-state index contributed by atoms with van der Waals surface area (Å²) in [5.41, 5.74) is 7.95. The monoisotopic (exact) mass is 1010 g/mol. The number of benzene rings is 2. The minimum Gasteiger partial charge on any atom is -0.446 e. The van der Waals surface area contributed by atoms with E-state index in [4.69, 9.17) is 15.6 Å². The van der Waals surface area contributed by atoms with Crippen LogP contribution in [0.2, 0.25) is 0 Å². The van der Waals surface area contributed by atoms with Crippen molar-refractivity contribution in [2.24, 2.45) is 17.6 Å². The van der Waals surface area contributed by atoms with Gasteiger partial charge in [-0.2, -0.15) is 0 Å². The number of oxazole rings is 1. The second kappa shape index (κ2) is 24.7. The van der Waals surface area contributed by atoms with E-state index in [1.165, 1.54) is 21.6 Å². The predicted octanol–water partition coefficient (Wildman–Crippen LogP) is 3.23. The van der Waals surface area contributed by atoms with E-state index in [1.807, 2.05) is 49.4 Å². The van der Waals surface area contributed by atoms with Crippen molar-refractivity contribution >= 4 is 47.3 Å². The van der Waals surface area contributed by atoms with Crippen LogP contribution < -0.4 is 27.0 Å². The van der Waals surface area contributed by atoms with Crippen LogP contribution in [0.15, 0.2) is 65.3 Å². The minimum absolute atomic E-state index is 0.0112. The summed E-state index contributed by atoms with van der Waals surface area (Å²) < 4.78 is 5.56. The van der Waals surface area contributed by atoms with Gasteiger partial charge in [0.05, 0.1) is 6.61 Å². The molecule has 7 atom stereocenters. The lowest BCUT2D eigenvalue weighted by Crippen LogP contribution is -2.59. The molecular weight excluding hydrogens is 935 g/mol. The molecule has 20 heteroatoms. The SMILES string of the molecule is CCCC[C@H](NC(=O)[C@@H]1c2ccccc2CN1C(=O)[C@@H](NC(=O)[C@H](CC1CCCCC1)NC(C)=O)C1CCN(C(=N)N)CC1)C(=O)N1CC[C@H](c2ccccc2)[C@H]1C(=O)N[C@@H](CO)c1nc(C(=O)N(C)C)co1. The maximum absolute atomic E-state index is 15.4. The molecule has 4 aliphatic rings. The molecule has 0 spiro atoms. The van der Waals surface area contributed by atoms with Crippen molar-refractivity contribution in [3.05, 3.63) is 89.1 Å². The minimum atomic E-state index is -1.20. The number of aliphatic hydroxyl groups excluding tert-OH is 1. The third kappa shape index (κ3) is 12.9. The van der Waals surface area contributed by atoms with Gasteiger partial charge in [-0.05, 0) is 60.6 Å². The number of hydrogen-bond acceptors (Lipinski definition) is 11. The first-order valence-electron chi connectivity index (χ1n) is 25.9. The summed E-state index contributed by atoms with van der Waals surface area (Å²) in [5.74, 6) is -4.30. The van der Waals surface area contributed by atoms with Crippen LogP contribution in [0, 0.1) is 17.2 Å². The van der Waals surface area contributed by atoms with Gasteiger partial charge >= 0.3 is 0 Å². The number of nitrogens with two attached hydrogens (primary N) is 1. The number of carbonyl (C=O) groups is 7. The first kappa shape index (κ1) is 54.0. The summed E-state index contributed by atoms with van der Waals surface area (Å²) in [7, 11) is 3.12. The quantitative estimate of drug-likeness (QED) is 0.0674. The van der Waals surface area contributed by atoms with Gasteiger partial charge in [0.25, 0.3) is 5.91 Å². The molecule has 3 aliphatic heterocycles. The molecule has 0 bridgehead atoms. The molecule has 8 N–H and O–H groups in total. The number of hydrogen-bond donors (Lipinski definition) is 7. The van der Waals surface area contributed by atoms with Gasteiger partial charge in [-0.25, -0.2) is 4.98 Å². The fourth-order valence-corrected chi connectivity index (χ4v) is 11.1. The van der Waals surface area contributed by atoms with Gasteiger partial charge in [-0.15, -0.1) is 0 Å². The van der Waals surface area contributed by atoms with Gasteiger partial charge in [0.1, 0.15) is 42.5 Å². The molecule has 3 fully saturated rings. The number of unbranched alkanes of at least 4 members (excludes halogenated alkanes) is 1. The number of guanidine groups is 1. The van der Waals surface area contributed by atoms with Crippen LogP contribution >= 0.6 is 0 Å². The molecule has 2 saturated heterocycles. The van der Waals surface area contributed by atoms with Crippen LogP contribution in [0.3, 0.4) is 0 Å². The maximum atomic E-state index is 15.4. The molecule has 2 aromatic carbocycles. The van der Waals surface area contributed by atoms with Crippen LogP contribution in [-0.4, -0.2) is 142 Å². The number of aromatic nitrogens is 1. The fourth-order valence-electron chi connectivity index (χ4n) is 11.1. The molecule has 1 saturated carbocycles. The zero-order valence-corrected chi connectivity index (χ0v) is 42.5. The van der Waals surface area contributed by atoms with Crippen LogP contribution in [0.4, 0.5) is 0 Å². The third-order valence-corrected chi connectivity index (χ3v) is 15.0. The van der Waals surface area contributed by atoms with Crippen LogP contribution in [0.25, 0.3) is 0 Å². The summed E-state index contributed by atoms with van der Waals surface area (Å²) in [6.45, 7) is 3.67. The van der Waals surface area contributed by atoms with E-state index < -0.39 is 90.1 Å². The van der Waals surface area contributed by atoms with E-state index in [1.54, 1.807) is 31.1 Å². The van der Waals surface area contributed by atoms with Gasteiger partial charge in [-0.3, -0.25) is 39.0 Å². The number of rotatable bonds is 19. The highest BCUT2D eigenvalue weighted by molar-refractivity contribution is 5.98. The van der Waals surface area contributed by atoms with Crippen molar-refractivity contribution in [2.75, 3.05) is 40.3 Å². The van der Waals surface area contributed by atoms with E-state index >= 15 is 14.4 Å². The Labute approximate surface area is 427 Å². The third-order valence-electron chi connectivity index (χ3n) is 15.0. The van der Waals surface area contributed by atoms with Gasteiger partial charge in [0.2, 0.25) is 41.3 Å². The second-order valence-electron chi connectivity index (χ2n) is 20.3. The lowest BCUT2D eigenvalue weighted by Gasteiger charge is -2.39. The summed E-state index contributed by atoms with van der Waals surface area (Å²) in [4.78, 5) is 110. The molecule has 0 radical (unpaired) electrons. The highest BCUT2D eigenvalue weighted by Gasteiger charge is 2.48. The molecule has 1 aromatic heterocycles. The Morgan fingerprint density at radius 2 is 1.53 bits per heavy atom. The Morgan fingerprint density at radius 3 is 2.19 bits per heavy atom. The van der Waals surface area contributed by atoms with Gasteiger partial charge in [-0.1, -0.05) is 106 Å². The molecule has 1 aliphatic carbocycles. The van der Waals surface area contributed by atoms with Gasteiger partial charge < -0.3 is 56.1 Å². The summed E-state index contributed by atoms with van der Waals surface area (Å²) in [6, 6.07) is 9.99. The number of carbonyl (C=O) groups excluding carboxylic acids is 7. The van der Waals surface area contributed by atoms with Crippen molar-refractivity contribution in [3.63, 3.8) is 0 Å². The Balaban J connectivity index is 1.17. The van der Waals surface area contributed by atoms with Gasteiger partial charge in [0.15, 0.2) is 11.7 Å². The average Bonchev–Trinajstić information content (AvgIpc) is 4.16. The summed E-state index contributed by atoms with van der Waals surface area (Å²) in [5, 5.41) is 30.3. The number of aliphatic hydroxyl groups is 1. The topological polar surface area (TPSA) is 277 Å². The molecule has 7 rings (SSSR count). The van der Waals surface area contributed by atoms with Crippen LogP contribution in [0.1, 0.15) is 142 Å². The Hall–Kier alpha value is -6.83. The van der Waals surface area contributed by atoms with Crippen molar-refractivity contribution in [1.82, 2.24) is 45.9 Å². The van der Waals surface area contributed by atoms with Crippen molar-refractivity contribution in [3.8, 4) is 0 Å². The highest BCUT2D eigenvalue weighted by atomic mass is 16.3.